The number of halogens is 1. The molecule has 13 heavy (non-hydrogen) atoms. The number of carbonyl (C=O) groups excluding carboxylic acids is 1. The summed E-state index contributed by atoms with van der Waals surface area (Å²) in [5.74, 6) is -0.0930. The van der Waals surface area contributed by atoms with E-state index in [1.165, 1.54) is 11.3 Å². The largest absolute Gasteiger partial charge is 0.339 e. The van der Waals surface area contributed by atoms with Crippen molar-refractivity contribution >= 4 is 28.8 Å². The minimum absolute atomic E-state index is 0.0308. The van der Waals surface area contributed by atoms with E-state index in [0.29, 0.717) is 11.0 Å². The zero-order chi connectivity index (χ0) is 9.84. The van der Waals surface area contributed by atoms with Gasteiger partial charge in [0.2, 0.25) is 5.91 Å². The van der Waals surface area contributed by atoms with Crippen molar-refractivity contribution in [1.29, 1.82) is 0 Å². The normalized spacial score (nSPS) is 10.1. The monoisotopic (exact) mass is 219 g/mol. The molecule has 4 nitrogen and oxygen atoms in total. The molecule has 0 spiro atoms. The molecule has 0 aliphatic heterocycles. The number of thiazole rings is 1. The zero-order valence-corrected chi connectivity index (χ0v) is 8.73. The van der Waals surface area contributed by atoms with Crippen molar-refractivity contribution in [3.8, 4) is 0 Å². The molecule has 0 radical (unpaired) electrons. The van der Waals surface area contributed by atoms with Crippen molar-refractivity contribution in [2.45, 2.75) is 6.54 Å². The summed E-state index contributed by atoms with van der Waals surface area (Å²) in [4.78, 5) is 17.4. The Morgan fingerprint density at radius 3 is 3.00 bits per heavy atom. The smallest absolute Gasteiger partial charge is 0.236 e. The van der Waals surface area contributed by atoms with Gasteiger partial charge in [-0.25, -0.2) is 4.98 Å². The average molecular weight is 220 g/mol. The standard InChI is InChI=1S/C7H10ClN3OS/c1-11(6(12)2-9)4-5-3-10-7(8)13-5/h3H,2,4,9H2,1H3. The molecule has 1 heterocycles. The first-order valence-electron chi connectivity index (χ1n) is 3.67. The molecule has 72 valence electrons. The zero-order valence-electron chi connectivity index (χ0n) is 7.16. The molecule has 0 unspecified atom stereocenters. The van der Waals surface area contributed by atoms with Crippen LogP contribution in [0.15, 0.2) is 6.20 Å². The molecule has 0 aliphatic rings. The number of carbonyl (C=O) groups is 1. The molecule has 0 aromatic carbocycles. The summed E-state index contributed by atoms with van der Waals surface area (Å²) in [6, 6.07) is 0. The lowest BCUT2D eigenvalue weighted by molar-refractivity contribution is -0.128. The highest BCUT2D eigenvalue weighted by Gasteiger charge is 2.08. The van der Waals surface area contributed by atoms with Crippen molar-refractivity contribution in [3.63, 3.8) is 0 Å². The van der Waals surface area contributed by atoms with Gasteiger partial charge in [0.25, 0.3) is 0 Å². The van der Waals surface area contributed by atoms with Crippen molar-refractivity contribution in [1.82, 2.24) is 9.88 Å². The van der Waals surface area contributed by atoms with Crippen LogP contribution in [0.2, 0.25) is 4.47 Å². The van der Waals surface area contributed by atoms with Gasteiger partial charge < -0.3 is 10.6 Å². The van der Waals surface area contributed by atoms with Crippen LogP contribution in [0, 0.1) is 0 Å². The highest BCUT2D eigenvalue weighted by atomic mass is 35.5. The van der Waals surface area contributed by atoms with E-state index in [0.717, 1.165) is 4.88 Å². The third-order valence-electron chi connectivity index (χ3n) is 1.52. The van der Waals surface area contributed by atoms with E-state index in [4.69, 9.17) is 17.3 Å². The number of hydrogen-bond donors (Lipinski definition) is 1. The Morgan fingerprint density at radius 2 is 2.54 bits per heavy atom. The number of likely N-dealkylation sites (N-methyl/N-ethyl adjacent to an activating group) is 1. The van der Waals surface area contributed by atoms with E-state index in [-0.39, 0.29) is 12.5 Å². The maximum atomic E-state index is 11.1. The molecule has 0 saturated heterocycles. The summed E-state index contributed by atoms with van der Waals surface area (Å²) in [5, 5.41) is 0. The SMILES string of the molecule is CN(Cc1cnc(Cl)s1)C(=O)CN. The Balaban J connectivity index is 2.54. The summed E-state index contributed by atoms with van der Waals surface area (Å²) in [5.41, 5.74) is 5.20. The predicted molar refractivity (Wildman–Crippen MR) is 52.7 cm³/mol. The number of aromatic nitrogens is 1. The third kappa shape index (κ3) is 2.95. The molecule has 0 atom stereocenters. The summed E-state index contributed by atoms with van der Waals surface area (Å²) < 4.78 is 0.489. The maximum Gasteiger partial charge on any atom is 0.236 e. The summed E-state index contributed by atoms with van der Waals surface area (Å²) in [7, 11) is 1.70. The van der Waals surface area contributed by atoms with Crippen LogP contribution in [-0.2, 0) is 11.3 Å². The van der Waals surface area contributed by atoms with Crippen LogP contribution in [0.1, 0.15) is 4.88 Å². The lowest BCUT2D eigenvalue weighted by atomic mass is 10.4. The van der Waals surface area contributed by atoms with Crippen LogP contribution < -0.4 is 5.73 Å². The highest BCUT2D eigenvalue weighted by molar-refractivity contribution is 7.15. The first-order chi connectivity index (χ1) is 6.13. The number of amides is 1. The molecule has 0 aliphatic carbocycles. The van der Waals surface area contributed by atoms with Gasteiger partial charge >= 0.3 is 0 Å². The van der Waals surface area contributed by atoms with Gasteiger partial charge in [-0.1, -0.05) is 11.6 Å². The Kier molecular flexibility index (Phi) is 3.65. The van der Waals surface area contributed by atoms with Gasteiger partial charge in [-0.15, -0.1) is 11.3 Å². The molecule has 1 aromatic heterocycles. The summed E-state index contributed by atoms with van der Waals surface area (Å²) in [6.07, 6.45) is 1.66. The van der Waals surface area contributed by atoms with Crippen molar-refractivity contribution < 1.29 is 4.79 Å². The molecule has 1 amide bonds. The third-order valence-corrected chi connectivity index (χ3v) is 2.62. The highest BCUT2D eigenvalue weighted by Crippen LogP contribution is 2.18. The Labute approximate surface area is 85.3 Å². The van der Waals surface area contributed by atoms with Gasteiger partial charge in [0, 0.05) is 18.1 Å². The fraction of sp³-hybridized carbons (Fsp3) is 0.429. The van der Waals surface area contributed by atoms with Gasteiger partial charge in [0.05, 0.1) is 13.1 Å². The van der Waals surface area contributed by atoms with Gasteiger partial charge in [-0.3, -0.25) is 4.79 Å². The van der Waals surface area contributed by atoms with Gasteiger partial charge in [-0.2, -0.15) is 0 Å². The first kappa shape index (κ1) is 10.4. The first-order valence-corrected chi connectivity index (χ1v) is 4.87. The number of nitrogens with two attached hydrogens (primary N) is 1. The second kappa shape index (κ2) is 4.55. The van der Waals surface area contributed by atoms with Crippen molar-refractivity contribution in [3.05, 3.63) is 15.5 Å². The summed E-state index contributed by atoms with van der Waals surface area (Å²) >= 11 is 7.00. The quantitative estimate of drug-likeness (QED) is 0.815. The molecule has 1 rings (SSSR count). The second-order valence-corrected chi connectivity index (χ2v) is 4.23. The number of rotatable bonds is 3. The van der Waals surface area contributed by atoms with E-state index in [2.05, 4.69) is 4.98 Å². The summed E-state index contributed by atoms with van der Waals surface area (Å²) in [6.45, 7) is 0.545. The molecule has 1 aromatic rings. The Bertz CT molecular complexity index is 302. The molecular formula is C7H10ClN3OS. The van der Waals surface area contributed by atoms with Crippen LogP contribution in [-0.4, -0.2) is 29.4 Å². The molecule has 6 heteroatoms. The molecule has 0 fully saturated rings. The predicted octanol–water partition coefficient (Wildman–Crippen LogP) is 0.714. The Hall–Kier alpha value is -0.650. The minimum atomic E-state index is -0.0930. The van der Waals surface area contributed by atoms with E-state index in [1.807, 2.05) is 0 Å². The molecule has 0 bridgehead atoms. The fourth-order valence-electron chi connectivity index (χ4n) is 0.834. The van der Waals surface area contributed by atoms with Crippen molar-refractivity contribution in [2.75, 3.05) is 13.6 Å². The molecular weight excluding hydrogens is 210 g/mol. The minimum Gasteiger partial charge on any atom is -0.339 e. The lowest BCUT2D eigenvalue weighted by Gasteiger charge is -2.13. The van der Waals surface area contributed by atoms with E-state index in [1.54, 1.807) is 18.1 Å². The molecule has 0 saturated carbocycles. The van der Waals surface area contributed by atoms with Crippen molar-refractivity contribution in [2.24, 2.45) is 5.73 Å². The fourth-order valence-corrected chi connectivity index (χ4v) is 1.87. The van der Waals surface area contributed by atoms with Crippen LogP contribution in [0.4, 0.5) is 0 Å². The van der Waals surface area contributed by atoms with Crippen LogP contribution in [0.5, 0.6) is 0 Å². The van der Waals surface area contributed by atoms with Crippen LogP contribution in [0.25, 0.3) is 0 Å². The van der Waals surface area contributed by atoms with E-state index in [9.17, 15) is 4.79 Å². The van der Waals surface area contributed by atoms with Gasteiger partial charge in [0.15, 0.2) is 4.47 Å². The topological polar surface area (TPSA) is 59.2 Å². The lowest BCUT2D eigenvalue weighted by Crippen LogP contribution is -2.31. The number of hydrogen-bond acceptors (Lipinski definition) is 4. The Morgan fingerprint density at radius 1 is 1.85 bits per heavy atom. The number of nitrogens with zero attached hydrogens (tertiary/aromatic N) is 2. The van der Waals surface area contributed by atoms with E-state index >= 15 is 0 Å². The molecule has 2 N–H and O–H groups in total. The maximum absolute atomic E-state index is 11.1. The van der Waals surface area contributed by atoms with Crippen LogP contribution >= 0.6 is 22.9 Å². The van der Waals surface area contributed by atoms with Gasteiger partial charge in [0.1, 0.15) is 0 Å². The average Bonchev–Trinajstić information content (AvgIpc) is 2.49. The van der Waals surface area contributed by atoms with Gasteiger partial charge in [-0.05, 0) is 0 Å². The van der Waals surface area contributed by atoms with Crippen LogP contribution in [0.3, 0.4) is 0 Å². The van der Waals surface area contributed by atoms with E-state index < -0.39 is 0 Å². The second-order valence-electron chi connectivity index (χ2n) is 2.53.